The fourth-order valence-corrected chi connectivity index (χ4v) is 2.67. The van der Waals surface area contributed by atoms with Crippen LogP contribution in [0, 0.1) is 23.7 Å². The van der Waals surface area contributed by atoms with E-state index in [0.29, 0.717) is 30.0 Å². The van der Waals surface area contributed by atoms with Gasteiger partial charge in [0.15, 0.2) is 11.5 Å². The second-order valence-corrected chi connectivity index (χ2v) is 6.98. The van der Waals surface area contributed by atoms with E-state index in [9.17, 15) is 14.7 Å². The van der Waals surface area contributed by atoms with E-state index in [2.05, 4.69) is 34.3 Å². The van der Waals surface area contributed by atoms with Crippen molar-refractivity contribution in [1.29, 1.82) is 0 Å². The van der Waals surface area contributed by atoms with Gasteiger partial charge in [0, 0.05) is 11.1 Å². The maximum absolute atomic E-state index is 12.3. The molecular formula is C24H27N3O5. The van der Waals surface area contributed by atoms with Gasteiger partial charge in [-0.25, -0.2) is 0 Å². The zero-order valence-corrected chi connectivity index (χ0v) is 17.9. The highest BCUT2D eigenvalue weighted by molar-refractivity contribution is 5.98. The van der Waals surface area contributed by atoms with Crippen LogP contribution >= 0.6 is 0 Å². The van der Waals surface area contributed by atoms with Gasteiger partial charge >= 0.3 is 0 Å². The molecule has 1 aromatic heterocycles. The number of carbonyl (C=O) groups is 2. The number of hydrogen-bond acceptors (Lipinski definition) is 7. The molecular weight excluding hydrogens is 410 g/mol. The van der Waals surface area contributed by atoms with Gasteiger partial charge in [0.25, 0.3) is 5.91 Å². The van der Waals surface area contributed by atoms with Gasteiger partial charge in [-0.1, -0.05) is 5.92 Å². The molecule has 8 heteroatoms. The number of amides is 1. The summed E-state index contributed by atoms with van der Waals surface area (Å²) in [5.41, 5.74) is 6.39. The molecule has 1 heterocycles. The molecule has 6 N–H and O–H groups in total. The lowest BCUT2D eigenvalue weighted by atomic mass is 10.1. The number of aliphatic hydroxyl groups is 2. The van der Waals surface area contributed by atoms with E-state index in [1.807, 2.05) is 6.07 Å². The average Bonchev–Trinajstić information content (AvgIpc) is 3.25. The van der Waals surface area contributed by atoms with E-state index in [4.69, 9.17) is 15.3 Å². The van der Waals surface area contributed by atoms with E-state index in [0.717, 1.165) is 18.7 Å². The van der Waals surface area contributed by atoms with E-state index in [1.165, 1.54) is 6.92 Å². The highest BCUT2D eigenvalue weighted by Crippen LogP contribution is 2.07. The fourth-order valence-electron chi connectivity index (χ4n) is 2.67. The number of furan rings is 1. The van der Waals surface area contributed by atoms with Gasteiger partial charge in [0.05, 0.1) is 12.6 Å². The number of nitrogens with two attached hydrogens (primary N) is 1. The smallest absolute Gasteiger partial charge is 0.251 e. The lowest BCUT2D eigenvalue weighted by molar-refractivity contribution is -0.125. The van der Waals surface area contributed by atoms with Gasteiger partial charge in [0.1, 0.15) is 18.4 Å². The van der Waals surface area contributed by atoms with Crippen LogP contribution in [0.5, 0.6) is 0 Å². The summed E-state index contributed by atoms with van der Waals surface area (Å²) in [5, 5.41) is 24.2. The Labute approximate surface area is 187 Å². The van der Waals surface area contributed by atoms with Crippen LogP contribution in [0.1, 0.15) is 40.8 Å². The van der Waals surface area contributed by atoms with E-state index < -0.39 is 30.4 Å². The minimum atomic E-state index is -1.17. The third-order valence-corrected chi connectivity index (χ3v) is 4.39. The predicted molar refractivity (Wildman–Crippen MR) is 119 cm³/mol. The van der Waals surface area contributed by atoms with E-state index >= 15 is 0 Å². The average molecular weight is 437 g/mol. The highest BCUT2D eigenvalue weighted by atomic mass is 16.3. The van der Waals surface area contributed by atoms with E-state index in [1.54, 1.807) is 30.3 Å². The normalized spacial score (nSPS) is 12.0. The number of aliphatic hydroxyl groups excluding tert-OH is 2. The van der Waals surface area contributed by atoms with Crippen molar-refractivity contribution in [1.82, 2.24) is 10.6 Å². The molecule has 1 aromatic carbocycles. The molecule has 0 unspecified atom stereocenters. The summed E-state index contributed by atoms with van der Waals surface area (Å²) in [6.07, 6.45) is -0.222. The van der Waals surface area contributed by atoms with Gasteiger partial charge in [-0.3, -0.25) is 9.59 Å². The van der Waals surface area contributed by atoms with Crippen molar-refractivity contribution in [3.05, 3.63) is 59.0 Å². The largest absolute Gasteiger partial charge is 0.451 e. The molecule has 0 aliphatic rings. The zero-order valence-electron chi connectivity index (χ0n) is 17.9. The zero-order chi connectivity index (χ0) is 23.3. The summed E-state index contributed by atoms with van der Waals surface area (Å²) in [6, 6.07) is 8.85. The second-order valence-electron chi connectivity index (χ2n) is 6.98. The summed E-state index contributed by atoms with van der Waals surface area (Å²) in [5.74, 6) is 11.3. The van der Waals surface area contributed by atoms with E-state index in [-0.39, 0.29) is 0 Å². The molecule has 8 nitrogen and oxygen atoms in total. The lowest BCUT2D eigenvalue weighted by Crippen LogP contribution is -2.48. The first-order valence-electron chi connectivity index (χ1n) is 10.2. The van der Waals surface area contributed by atoms with Crippen LogP contribution in [0.3, 0.4) is 0 Å². The van der Waals surface area contributed by atoms with Crippen molar-refractivity contribution in [2.75, 3.05) is 19.7 Å². The topological polar surface area (TPSA) is 138 Å². The van der Waals surface area contributed by atoms with Gasteiger partial charge in [-0.15, -0.1) is 0 Å². The Balaban J connectivity index is 1.92. The lowest BCUT2D eigenvalue weighted by Gasteiger charge is -2.19. The van der Waals surface area contributed by atoms with Crippen molar-refractivity contribution in [2.45, 2.75) is 32.0 Å². The maximum Gasteiger partial charge on any atom is 0.251 e. The number of carbonyl (C=O) groups excluding carboxylic acids is 2. The quantitative estimate of drug-likeness (QED) is 0.264. The van der Waals surface area contributed by atoms with Gasteiger partial charge in [-0.05, 0) is 80.6 Å². The molecule has 0 saturated heterocycles. The molecule has 0 aliphatic carbocycles. The Morgan fingerprint density at radius 3 is 2.50 bits per heavy atom. The molecule has 0 radical (unpaired) electrons. The van der Waals surface area contributed by atoms with Crippen LogP contribution in [0.15, 0.2) is 40.8 Å². The van der Waals surface area contributed by atoms with Crippen molar-refractivity contribution in [3.8, 4) is 23.7 Å². The minimum Gasteiger partial charge on any atom is -0.451 e. The number of hydrogen-bond donors (Lipinski definition) is 5. The molecule has 2 atom stereocenters. The van der Waals surface area contributed by atoms with Gasteiger partial charge in [0.2, 0.25) is 0 Å². The summed E-state index contributed by atoms with van der Waals surface area (Å²) in [4.78, 5) is 23.9. The third-order valence-electron chi connectivity index (χ3n) is 4.39. The molecule has 168 valence electrons. The third kappa shape index (κ3) is 8.03. The number of ketones is 1. The molecule has 0 bridgehead atoms. The highest BCUT2D eigenvalue weighted by Gasteiger charge is 2.25. The first kappa shape index (κ1) is 24.9. The number of Topliss-reactive ketones (excluding diaryl/α,β-unsaturated/α-hetero) is 1. The first-order chi connectivity index (χ1) is 15.4. The Bertz CT molecular complexity index is 1020. The SMILES string of the molecule is C[C@H](O)[C@H](NC(=O)c1ccc(C#CC#Cc2ccc(CNCCCN)o2)cc1)C(=O)CO. The first-order valence-corrected chi connectivity index (χ1v) is 10.2. The van der Waals surface area contributed by atoms with Crippen molar-refractivity contribution < 1.29 is 24.2 Å². The molecule has 0 spiro atoms. The van der Waals surface area contributed by atoms with Gasteiger partial charge < -0.3 is 31.0 Å². The van der Waals surface area contributed by atoms with Crippen LogP contribution in [0.2, 0.25) is 0 Å². The molecule has 0 saturated carbocycles. The second kappa shape index (κ2) is 13.1. The Kier molecular flexibility index (Phi) is 10.2. The summed E-state index contributed by atoms with van der Waals surface area (Å²) >= 11 is 0. The monoisotopic (exact) mass is 437 g/mol. The Morgan fingerprint density at radius 2 is 1.84 bits per heavy atom. The minimum absolute atomic E-state index is 0.293. The maximum atomic E-state index is 12.3. The molecule has 0 aliphatic heterocycles. The van der Waals surface area contributed by atoms with Crippen LogP contribution in [-0.2, 0) is 11.3 Å². The molecule has 2 aromatic rings. The summed E-state index contributed by atoms with van der Waals surface area (Å²) in [6.45, 7) is 2.68. The Hall–Kier alpha value is -3.40. The number of benzene rings is 1. The van der Waals surface area contributed by atoms with Crippen molar-refractivity contribution >= 4 is 11.7 Å². The summed E-state index contributed by atoms with van der Waals surface area (Å²) < 4.78 is 5.59. The molecule has 0 fully saturated rings. The molecule has 2 rings (SSSR count). The van der Waals surface area contributed by atoms with Crippen LogP contribution in [0.4, 0.5) is 0 Å². The van der Waals surface area contributed by atoms with Crippen LogP contribution in [0.25, 0.3) is 0 Å². The van der Waals surface area contributed by atoms with Crippen molar-refractivity contribution in [3.63, 3.8) is 0 Å². The van der Waals surface area contributed by atoms with Gasteiger partial charge in [-0.2, -0.15) is 0 Å². The number of nitrogens with one attached hydrogen (secondary N) is 2. The molecule has 32 heavy (non-hydrogen) atoms. The molecule has 1 amide bonds. The fraction of sp³-hybridized carbons (Fsp3) is 0.333. The van der Waals surface area contributed by atoms with Crippen molar-refractivity contribution in [2.24, 2.45) is 5.73 Å². The predicted octanol–water partition coefficient (Wildman–Crippen LogP) is 0.162. The standard InChI is InChI=1S/C24H27N3O5/c1-17(29)23(22(30)16-28)27-24(31)19-9-7-18(8-10-19)5-2-3-6-20-11-12-21(32-20)15-26-14-4-13-25/h7-12,17,23,26,28-29H,4,13-16,25H2,1H3,(H,27,31)/t17-,23-/m0/s1. The number of rotatable bonds is 10. The van der Waals surface area contributed by atoms with Crippen LogP contribution in [-0.4, -0.2) is 53.7 Å². The van der Waals surface area contributed by atoms with Crippen LogP contribution < -0.4 is 16.4 Å². The summed E-state index contributed by atoms with van der Waals surface area (Å²) in [7, 11) is 0. The Morgan fingerprint density at radius 1 is 1.12 bits per heavy atom.